The molecule has 2 aromatic heterocycles. The van der Waals surface area contributed by atoms with Gasteiger partial charge in [-0.3, -0.25) is 9.89 Å². The summed E-state index contributed by atoms with van der Waals surface area (Å²) in [5.41, 5.74) is 0.675. The zero-order valence-corrected chi connectivity index (χ0v) is 11.6. The molecule has 0 unspecified atom stereocenters. The van der Waals surface area contributed by atoms with E-state index in [1.165, 1.54) is 18.1 Å². The highest BCUT2D eigenvalue weighted by Gasteiger charge is 2.09. The highest BCUT2D eigenvalue weighted by molar-refractivity contribution is 8.00. The molecule has 0 saturated heterocycles. The van der Waals surface area contributed by atoms with E-state index in [1.54, 1.807) is 6.20 Å². The van der Waals surface area contributed by atoms with Gasteiger partial charge in [-0.05, 0) is 6.42 Å². The van der Waals surface area contributed by atoms with Gasteiger partial charge in [-0.15, -0.1) is 0 Å². The SMILES string of the molecule is CCCCCOC(=O)CSc1ncnc2[nH]ncc12. The molecule has 2 aromatic rings. The van der Waals surface area contributed by atoms with Crippen molar-refractivity contribution >= 4 is 28.8 Å². The minimum atomic E-state index is -0.212. The number of hydrogen-bond donors (Lipinski definition) is 1. The molecule has 0 aliphatic rings. The molecule has 2 rings (SSSR count). The van der Waals surface area contributed by atoms with Gasteiger partial charge in [-0.2, -0.15) is 5.10 Å². The lowest BCUT2D eigenvalue weighted by molar-refractivity contribution is -0.140. The van der Waals surface area contributed by atoms with Gasteiger partial charge in [0, 0.05) is 0 Å². The molecule has 102 valence electrons. The molecule has 0 saturated carbocycles. The Morgan fingerprint density at radius 3 is 3.16 bits per heavy atom. The van der Waals surface area contributed by atoms with Crippen LogP contribution < -0.4 is 0 Å². The number of nitrogens with zero attached hydrogens (tertiary/aromatic N) is 3. The average Bonchev–Trinajstić information content (AvgIpc) is 2.90. The van der Waals surface area contributed by atoms with Crippen molar-refractivity contribution in [3.8, 4) is 0 Å². The zero-order chi connectivity index (χ0) is 13.5. The zero-order valence-electron chi connectivity index (χ0n) is 10.8. The van der Waals surface area contributed by atoms with Crippen molar-refractivity contribution in [2.45, 2.75) is 31.2 Å². The number of aromatic amines is 1. The first-order valence-corrected chi connectivity index (χ1v) is 7.22. The van der Waals surface area contributed by atoms with Crippen LogP contribution in [0.1, 0.15) is 26.2 Å². The molecule has 6 nitrogen and oxygen atoms in total. The van der Waals surface area contributed by atoms with Gasteiger partial charge in [0.2, 0.25) is 0 Å². The topological polar surface area (TPSA) is 80.8 Å². The summed E-state index contributed by atoms with van der Waals surface area (Å²) in [5.74, 6) is 0.0417. The van der Waals surface area contributed by atoms with Gasteiger partial charge in [-0.25, -0.2) is 9.97 Å². The molecule has 19 heavy (non-hydrogen) atoms. The molecule has 0 radical (unpaired) electrons. The first-order chi connectivity index (χ1) is 9.31. The number of carbonyl (C=O) groups excluding carboxylic acids is 1. The highest BCUT2D eigenvalue weighted by atomic mass is 32.2. The van der Waals surface area contributed by atoms with Crippen LogP contribution in [0.25, 0.3) is 11.0 Å². The average molecular weight is 280 g/mol. The van der Waals surface area contributed by atoms with Crippen LogP contribution in [0.3, 0.4) is 0 Å². The number of H-pyrrole nitrogens is 1. The minimum absolute atomic E-state index is 0.212. The van der Waals surface area contributed by atoms with Crippen LogP contribution in [0, 0.1) is 0 Å². The van der Waals surface area contributed by atoms with Crippen LogP contribution in [-0.4, -0.2) is 38.5 Å². The summed E-state index contributed by atoms with van der Waals surface area (Å²) in [6.45, 7) is 2.61. The summed E-state index contributed by atoms with van der Waals surface area (Å²) in [5, 5.41) is 8.23. The Bertz CT molecular complexity index is 543. The van der Waals surface area contributed by atoms with Crippen LogP contribution in [-0.2, 0) is 9.53 Å². The van der Waals surface area contributed by atoms with Gasteiger partial charge in [0.05, 0.1) is 23.9 Å². The molecule has 0 amide bonds. The Kier molecular flexibility index (Phi) is 5.14. The number of thioether (sulfide) groups is 1. The molecule has 0 spiro atoms. The molecule has 0 aliphatic carbocycles. The Hall–Kier alpha value is -1.63. The van der Waals surface area contributed by atoms with E-state index in [1.807, 2.05) is 0 Å². The second kappa shape index (κ2) is 7.08. The molecule has 1 N–H and O–H groups in total. The van der Waals surface area contributed by atoms with Crippen LogP contribution in [0.15, 0.2) is 17.6 Å². The number of fused-ring (bicyclic) bond motifs is 1. The first kappa shape index (κ1) is 13.8. The van der Waals surface area contributed by atoms with Crippen molar-refractivity contribution in [2.24, 2.45) is 0 Å². The maximum atomic E-state index is 11.5. The summed E-state index contributed by atoms with van der Waals surface area (Å²) < 4.78 is 5.13. The number of aromatic nitrogens is 4. The fourth-order valence-electron chi connectivity index (χ4n) is 1.56. The number of hydrogen-bond acceptors (Lipinski definition) is 6. The maximum Gasteiger partial charge on any atom is 0.316 e. The maximum absolute atomic E-state index is 11.5. The largest absolute Gasteiger partial charge is 0.465 e. The predicted octanol–water partition coefficient (Wildman–Crippen LogP) is 2.18. The molecular weight excluding hydrogens is 264 g/mol. The fraction of sp³-hybridized carbons (Fsp3) is 0.500. The number of carbonyl (C=O) groups is 1. The lowest BCUT2D eigenvalue weighted by Gasteiger charge is -2.04. The standard InChI is InChI=1S/C12H16N4O2S/c1-2-3-4-5-18-10(17)7-19-12-9-6-15-16-11(9)13-8-14-12/h6,8H,2-5,7H2,1H3,(H,13,14,15,16). The minimum Gasteiger partial charge on any atom is -0.465 e. The Morgan fingerprint density at radius 1 is 1.42 bits per heavy atom. The van der Waals surface area contributed by atoms with Gasteiger partial charge in [0.25, 0.3) is 0 Å². The normalized spacial score (nSPS) is 10.8. The van der Waals surface area contributed by atoms with Crippen molar-refractivity contribution in [2.75, 3.05) is 12.4 Å². The van der Waals surface area contributed by atoms with Gasteiger partial charge in [0.15, 0.2) is 5.65 Å². The molecule has 7 heteroatoms. The molecule has 0 aromatic carbocycles. The summed E-state index contributed by atoms with van der Waals surface area (Å²) in [4.78, 5) is 19.7. The quantitative estimate of drug-likeness (QED) is 0.362. The molecule has 0 atom stereocenters. The van der Waals surface area contributed by atoms with Gasteiger partial charge in [0.1, 0.15) is 11.4 Å². The van der Waals surface area contributed by atoms with E-state index in [4.69, 9.17) is 4.74 Å². The Balaban J connectivity index is 1.82. The third-order valence-corrected chi connectivity index (χ3v) is 3.53. The van der Waals surface area contributed by atoms with E-state index in [9.17, 15) is 4.79 Å². The van der Waals surface area contributed by atoms with Gasteiger partial charge in [-0.1, -0.05) is 31.5 Å². The molecule has 0 bridgehead atoms. The van der Waals surface area contributed by atoms with E-state index < -0.39 is 0 Å². The third kappa shape index (κ3) is 3.92. The number of rotatable bonds is 7. The first-order valence-electron chi connectivity index (χ1n) is 6.23. The lowest BCUT2D eigenvalue weighted by atomic mass is 10.3. The van der Waals surface area contributed by atoms with Crippen LogP contribution in [0.4, 0.5) is 0 Å². The fourth-order valence-corrected chi connectivity index (χ4v) is 2.33. The van der Waals surface area contributed by atoms with Crippen LogP contribution >= 0.6 is 11.8 Å². The number of nitrogens with one attached hydrogen (secondary N) is 1. The summed E-state index contributed by atoms with van der Waals surface area (Å²) in [6.07, 6.45) is 6.24. The van der Waals surface area contributed by atoms with Gasteiger partial charge >= 0.3 is 5.97 Å². The summed E-state index contributed by atoms with van der Waals surface area (Å²) >= 11 is 1.34. The van der Waals surface area contributed by atoms with E-state index in [-0.39, 0.29) is 11.7 Å². The van der Waals surface area contributed by atoms with Crippen molar-refractivity contribution in [3.05, 3.63) is 12.5 Å². The monoisotopic (exact) mass is 280 g/mol. The number of unbranched alkanes of at least 4 members (excludes halogenated alkanes) is 2. The second-order valence-electron chi connectivity index (χ2n) is 4.03. The van der Waals surface area contributed by atoms with E-state index in [0.29, 0.717) is 12.3 Å². The highest BCUT2D eigenvalue weighted by Crippen LogP contribution is 2.22. The van der Waals surface area contributed by atoms with Crippen molar-refractivity contribution in [3.63, 3.8) is 0 Å². The predicted molar refractivity (Wildman–Crippen MR) is 72.9 cm³/mol. The Morgan fingerprint density at radius 2 is 2.32 bits per heavy atom. The smallest absolute Gasteiger partial charge is 0.316 e. The third-order valence-electron chi connectivity index (χ3n) is 2.55. The van der Waals surface area contributed by atoms with E-state index in [2.05, 4.69) is 27.1 Å². The second-order valence-corrected chi connectivity index (χ2v) is 4.99. The summed E-state index contributed by atoms with van der Waals surface area (Å²) in [7, 11) is 0. The van der Waals surface area contributed by atoms with Crippen molar-refractivity contribution in [1.29, 1.82) is 0 Å². The van der Waals surface area contributed by atoms with Crippen molar-refractivity contribution in [1.82, 2.24) is 20.2 Å². The van der Waals surface area contributed by atoms with Crippen LogP contribution in [0.2, 0.25) is 0 Å². The Labute approximate surface area is 115 Å². The van der Waals surface area contributed by atoms with E-state index >= 15 is 0 Å². The molecule has 0 fully saturated rings. The van der Waals surface area contributed by atoms with Gasteiger partial charge < -0.3 is 4.74 Å². The number of ether oxygens (including phenoxy) is 1. The lowest BCUT2D eigenvalue weighted by Crippen LogP contribution is -2.08. The van der Waals surface area contributed by atoms with Crippen molar-refractivity contribution < 1.29 is 9.53 Å². The molecule has 2 heterocycles. The van der Waals surface area contributed by atoms with Crippen LogP contribution in [0.5, 0.6) is 0 Å². The molecular formula is C12H16N4O2S. The molecule has 0 aliphatic heterocycles. The van der Waals surface area contributed by atoms with E-state index in [0.717, 1.165) is 29.7 Å². The number of esters is 1. The summed E-state index contributed by atoms with van der Waals surface area (Å²) in [6, 6.07) is 0.